The van der Waals surface area contributed by atoms with Crippen molar-refractivity contribution in [2.75, 3.05) is 6.54 Å². The van der Waals surface area contributed by atoms with Crippen molar-refractivity contribution in [1.82, 2.24) is 5.32 Å². The van der Waals surface area contributed by atoms with Gasteiger partial charge in [0, 0.05) is 0 Å². The highest BCUT2D eigenvalue weighted by Gasteiger charge is 2.25. The van der Waals surface area contributed by atoms with Crippen LogP contribution in [-0.4, -0.2) is 34.6 Å². The van der Waals surface area contributed by atoms with E-state index in [1.54, 1.807) is 12.1 Å². The molecule has 0 aliphatic carbocycles. The largest absolute Gasteiger partial charge is 0.507 e. The third-order valence-corrected chi connectivity index (χ3v) is 3.16. The highest BCUT2D eigenvalue weighted by molar-refractivity contribution is 6.07. The predicted octanol–water partition coefficient (Wildman–Crippen LogP) is 1.35. The number of hydrogen-bond donors (Lipinski definition) is 3. The number of aliphatic imine (C=N–C) groups is 1. The lowest BCUT2D eigenvalue weighted by atomic mass is 10.1. The van der Waals surface area contributed by atoms with Crippen LogP contribution >= 0.6 is 0 Å². The molecule has 1 aliphatic rings. The van der Waals surface area contributed by atoms with Crippen molar-refractivity contribution in [3.8, 4) is 5.75 Å². The summed E-state index contributed by atoms with van der Waals surface area (Å²) in [5.74, 6) is -0.425. The number of nitrogens with zero attached hydrogens (tertiary/aromatic N) is 1. The fraction of sp³-hybridized carbons (Fsp3) is 0.143. The number of hydrogen-bond acceptors (Lipinski definition) is 4. The highest BCUT2D eigenvalue weighted by Crippen LogP contribution is 2.26. The molecule has 3 N–H and O–H groups in total. The van der Waals surface area contributed by atoms with Crippen molar-refractivity contribution in [2.24, 2.45) is 4.99 Å². The van der Waals surface area contributed by atoms with Crippen molar-refractivity contribution in [1.29, 1.82) is 0 Å². The number of aromatic hydroxyl groups is 1. The van der Waals surface area contributed by atoms with Crippen LogP contribution in [0.5, 0.6) is 5.75 Å². The molecule has 1 unspecified atom stereocenters. The fourth-order valence-electron chi connectivity index (χ4n) is 2.16. The first kappa shape index (κ1) is 11.5. The molecule has 5 heteroatoms. The molecule has 2 aromatic carbocycles. The van der Waals surface area contributed by atoms with Gasteiger partial charge in [0.2, 0.25) is 0 Å². The first-order valence-corrected chi connectivity index (χ1v) is 5.91. The van der Waals surface area contributed by atoms with Gasteiger partial charge in [-0.2, -0.15) is 0 Å². The average Bonchev–Trinajstić information content (AvgIpc) is 2.87. The van der Waals surface area contributed by atoms with Crippen molar-refractivity contribution < 1.29 is 15.0 Å². The second-order valence-corrected chi connectivity index (χ2v) is 4.44. The molecule has 1 heterocycles. The predicted molar refractivity (Wildman–Crippen MR) is 71.6 cm³/mol. The van der Waals surface area contributed by atoms with E-state index in [0.29, 0.717) is 11.4 Å². The topological polar surface area (TPSA) is 81.9 Å². The summed E-state index contributed by atoms with van der Waals surface area (Å²) in [5.41, 5.74) is 0.530. The monoisotopic (exact) mass is 256 g/mol. The summed E-state index contributed by atoms with van der Waals surface area (Å²) >= 11 is 0. The van der Waals surface area contributed by atoms with Gasteiger partial charge in [-0.15, -0.1) is 0 Å². The maximum absolute atomic E-state index is 10.9. The first-order chi connectivity index (χ1) is 9.15. The highest BCUT2D eigenvalue weighted by atomic mass is 16.4. The summed E-state index contributed by atoms with van der Waals surface area (Å²) in [4.78, 5) is 15.0. The van der Waals surface area contributed by atoms with Gasteiger partial charge in [-0.1, -0.05) is 24.3 Å². The van der Waals surface area contributed by atoms with Gasteiger partial charge in [0.25, 0.3) is 0 Å². The minimum absolute atomic E-state index is 0.0935. The van der Waals surface area contributed by atoms with Gasteiger partial charge in [0.1, 0.15) is 17.6 Å². The van der Waals surface area contributed by atoms with E-state index >= 15 is 0 Å². The van der Waals surface area contributed by atoms with Crippen LogP contribution in [-0.2, 0) is 4.79 Å². The number of fused-ring (bicyclic) bond motifs is 1. The molecule has 0 amide bonds. The number of phenols is 1. The normalized spacial score (nSPS) is 18.1. The Labute approximate surface area is 109 Å². The van der Waals surface area contributed by atoms with Gasteiger partial charge >= 0.3 is 5.97 Å². The maximum Gasteiger partial charge on any atom is 0.328 e. The molecule has 0 saturated carbocycles. The Bertz CT molecular complexity index is 694. The van der Waals surface area contributed by atoms with Crippen LogP contribution in [0, 0.1) is 0 Å². The third-order valence-electron chi connectivity index (χ3n) is 3.16. The van der Waals surface area contributed by atoms with Crippen LogP contribution in [0.15, 0.2) is 41.4 Å². The first-order valence-electron chi connectivity index (χ1n) is 5.91. The second kappa shape index (κ2) is 4.28. The second-order valence-electron chi connectivity index (χ2n) is 4.44. The van der Waals surface area contributed by atoms with E-state index in [0.717, 1.165) is 10.8 Å². The van der Waals surface area contributed by atoms with Gasteiger partial charge in [0.05, 0.1) is 12.1 Å². The molecule has 0 aromatic heterocycles. The summed E-state index contributed by atoms with van der Waals surface area (Å²) in [7, 11) is 0. The van der Waals surface area contributed by atoms with Gasteiger partial charge in [-0.25, -0.2) is 4.79 Å². The van der Waals surface area contributed by atoms with E-state index in [-0.39, 0.29) is 12.3 Å². The Morgan fingerprint density at radius 1 is 1.26 bits per heavy atom. The SMILES string of the molecule is O=C(O)C1CN=C(c2cc3ccccc3cc2O)N1. The van der Waals surface area contributed by atoms with E-state index < -0.39 is 12.0 Å². The molecule has 0 saturated heterocycles. The molecule has 1 atom stereocenters. The van der Waals surface area contributed by atoms with Gasteiger partial charge in [-0.3, -0.25) is 4.99 Å². The van der Waals surface area contributed by atoms with E-state index in [4.69, 9.17) is 5.11 Å². The average molecular weight is 256 g/mol. The Morgan fingerprint density at radius 3 is 2.58 bits per heavy atom. The Morgan fingerprint density at radius 2 is 1.95 bits per heavy atom. The number of aliphatic carboxylic acids is 1. The zero-order valence-corrected chi connectivity index (χ0v) is 10.00. The van der Waals surface area contributed by atoms with E-state index in [1.807, 2.05) is 24.3 Å². The number of rotatable bonds is 2. The molecule has 0 fully saturated rings. The summed E-state index contributed by atoms with van der Waals surface area (Å²) in [6.07, 6.45) is 0. The lowest BCUT2D eigenvalue weighted by Gasteiger charge is -2.09. The smallest absolute Gasteiger partial charge is 0.328 e. The molecule has 96 valence electrons. The number of carboxylic acids is 1. The lowest BCUT2D eigenvalue weighted by Crippen LogP contribution is -2.37. The van der Waals surface area contributed by atoms with Crippen LogP contribution in [0.25, 0.3) is 10.8 Å². The van der Waals surface area contributed by atoms with Gasteiger partial charge < -0.3 is 15.5 Å². The zero-order valence-electron chi connectivity index (χ0n) is 10.00. The third kappa shape index (κ3) is 1.99. The summed E-state index contributed by atoms with van der Waals surface area (Å²) < 4.78 is 0. The van der Waals surface area contributed by atoms with Gasteiger partial charge in [-0.05, 0) is 22.9 Å². The molecule has 0 bridgehead atoms. The number of carbonyl (C=O) groups is 1. The standard InChI is InChI=1S/C14H12N2O3/c17-12-6-9-4-2-1-3-8(9)5-10(12)13-15-7-11(16-13)14(18)19/h1-6,11,17H,7H2,(H,15,16)(H,18,19). The summed E-state index contributed by atoms with van der Waals surface area (Å²) in [6.45, 7) is 0.178. The van der Waals surface area contributed by atoms with Crippen LogP contribution in [0.2, 0.25) is 0 Å². The molecule has 0 radical (unpaired) electrons. The molecule has 0 spiro atoms. The Balaban J connectivity index is 2.02. The molecule has 1 aliphatic heterocycles. The van der Waals surface area contributed by atoms with Crippen molar-refractivity contribution in [3.63, 3.8) is 0 Å². The van der Waals surface area contributed by atoms with Gasteiger partial charge in [0.15, 0.2) is 0 Å². The van der Waals surface area contributed by atoms with Crippen LogP contribution in [0.4, 0.5) is 0 Å². The molecule has 19 heavy (non-hydrogen) atoms. The quantitative estimate of drug-likeness (QED) is 0.757. The number of carboxylic acid groups (broad SMARTS) is 1. The van der Waals surface area contributed by atoms with Crippen molar-refractivity contribution in [3.05, 3.63) is 42.0 Å². The Hall–Kier alpha value is -2.56. The maximum atomic E-state index is 10.9. The van der Waals surface area contributed by atoms with Crippen LogP contribution in [0.1, 0.15) is 5.56 Å². The fourth-order valence-corrected chi connectivity index (χ4v) is 2.16. The minimum Gasteiger partial charge on any atom is -0.507 e. The molecule has 2 aromatic rings. The number of benzene rings is 2. The number of phenolic OH excluding ortho intramolecular Hbond substituents is 1. The van der Waals surface area contributed by atoms with Crippen molar-refractivity contribution >= 4 is 22.6 Å². The molecular weight excluding hydrogens is 244 g/mol. The lowest BCUT2D eigenvalue weighted by molar-refractivity contribution is -0.138. The summed E-state index contributed by atoms with van der Waals surface area (Å²) in [5, 5.41) is 23.6. The number of amidine groups is 1. The Kier molecular flexibility index (Phi) is 2.59. The van der Waals surface area contributed by atoms with E-state index in [1.165, 1.54) is 0 Å². The van der Waals surface area contributed by atoms with E-state index in [9.17, 15) is 9.90 Å². The minimum atomic E-state index is -0.945. The molecule has 5 nitrogen and oxygen atoms in total. The van der Waals surface area contributed by atoms with E-state index in [2.05, 4.69) is 10.3 Å². The van der Waals surface area contributed by atoms with Crippen LogP contribution < -0.4 is 5.32 Å². The molecular formula is C14H12N2O3. The molecule has 3 rings (SSSR count). The van der Waals surface area contributed by atoms with Crippen molar-refractivity contribution in [2.45, 2.75) is 6.04 Å². The number of nitrogens with one attached hydrogen (secondary N) is 1. The van der Waals surface area contributed by atoms with Crippen LogP contribution in [0.3, 0.4) is 0 Å². The zero-order chi connectivity index (χ0) is 13.4. The summed E-state index contributed by atoms with van der Waals surface area (Å²) in [6, 6.07) is 10.4.